The number of hydrogen-bond acceptors (Lipinski definition) is 3. The fraction of sp³-hybridized carbons (Fsp3) is 0.400. The maximum Gasteiger partial charge on any atom is 0.319 e. The number of nitrogens with zero attached hydrogens (tertiary/aromatic N) is 1. The summed E-state index contributed by atoms with van der Waals surface area (Å²) in [5.41, 5.74) is 2.86. The number of anilines is 2. The van der Waals surface area contributed by atoms with Crippen LogP contribution in [0.15, 0.2) is 35.7 Å². The van der Waals surface area contributed by atoms with Crippen LogP contribution < -0.4 is 15.5 Å². The lowest BCUT2D eigenvalue weighted by molar-refractivity contribution is -0.122. The fourth-order valence-corrected chi connectivity index (χ4v) is 4.48. The van der Waals surface area contributed by atoms with Crippen molar-refractivity contribution in [2.24, 2.45) is 5.92 Å². The average Bonchev–Trinajstić information content (AvgIpc) is 3.40. The summed E-state index contributed by atoms with van der Waals surface area (Å²) in [5.74, 6) is 0.423. The Balaban J connectivity index is 1.42. The van der Waals surface area contributed by atoms with Crippen LogP contribution in [-0.4, -0.2) is 18.5 Å². The van der Waals surface area contributed by atoms with Gasteiger partial charge in [-0.2, -0.15) is 0 Å². The Kier molecular flexibility index (Phi) is 4.93. The van der Waals surface area contributed by atoms with E-state index < -0.39 is 0 Å². The van der Waals surface area contributed by atoms with Crippen molar-refractivity contribution in [2.45, 2.75) is 38.6 Å². The van der Waals surface area contributed by atoms with Gasteiger partial charge in [-0.1, -0.05) is 25.0 Å². The molecule has 2 heterocycles. The molecule has 1 fully saturated rings. The van der Waals surface area contributed by atoms with E-state index >= 15 is 0 Å². The third-order valence-corrected chi connectivity index (χ3v) is 6.09. The highest BCUT2D eigenvalue weighted by Crippen LogP contribution is 2.35. The third kappa shape index (κ3) is 3.60. The molecular formula is C20H23N3O2S. The highest BCUT2D eigenvalue weighted by atomic mass is 32.1. The first-order chi connectivity index (χ1) is 12.7. The molecule has 2 aliphatic rings. The van der Waals surface area contributed by atoms with Gasteiger partial charge in [0.25, 0.3) is 0 Å². The standard InChI is InChI=1S/C20H23N3O2S/c24-19(15-4-1-2-5-15)23-10-9-14-7-8-16(12-18(14)23)22-20(25)21-13-17-6-3-11-26-17/h3,6-8,11-12,15H,1-2,4-5,9-10,13H2,(H2,21,22,25). The van der Waals surface area contributed by atoms with Crippen LogP contribution in [0.4, 0.5) is 16.2 Å². The number of amides is 3. The monoisotopic (exact) mass is 369 g/mol. The summed E-state index contributed by atoms with van der Waals surface area (Å²) in [6.45, 7) is 1.26. The Labute approximate surface area is 157 Å². The topological polar surface area (TPSA) is 61.4 Å². The Morgan fingerprint density at radius 2 is 2.04 bits per heavy atom. The highest BCUT2D eigenvalue weighted by molar-refractivity contribution is 7.09. The van der Waals surface area contributed by atoms with Crippen LogP contribution in [0.25, 0.3) is 0 Å². The van der Waals surface area contributed by atoms with Crippen LogP contribution in [0.3, 0.4) is 0 Å². The molecule has 1 aliphatic carbocycles. The number of thiophene rings is 1. The summed E-state index contributed by atoms with van der Waals surface area (Å²) in [5, 5.41) is 7.73. The summed E-state index contributed by atoms with van der Waals surface area (Å²) in [4.78, 5) is 28.0. The van der Waals surface area contributed by atoms with Crippen LogP contribution in [0.1, 0.15) is 36.1 Å². The molecule has 26 heavy (non-hydrogen) atoms. The number of rotatable bonds is 4. The van der Waals surface area contributed by atoms with Gasteiger partial charge in [-0.05, 0) is 48.4 Å². The zero-order valence-electron chi connectivity index (χ0n) is 14.7. The number of fused-ring (bicyclic) bond motifs is 1. The number of nitrogens with one attached hydrogen (secondary N) is 2. The predicted molar refractivity (Wildman–Crippen MR) is 105 cm³/mol. The molecule has 2 aromatic rings. The van der Waals surface area contributed by atoms with Gasteiger partial charge in [-0.15, -0.1) is 11.3 Å². The maximum atomic E-state index is 12.8. The van der Waals surface area contributed by atoms with E-state index in [4.69, 9.17) is 0 Å². The zero-order valence-corrected chi connectivity index (χ0v) is 15.5. The lowest BCUT2D eigenvalue weighted by atomic mass is 10.1. The minimum Gasteiger partial charge on any atom is -0.333 e. The smallest absolute Gasteiger partial charge is 0.319 e. The summed E-state index contributed by atoms with van der Waals surface area (Å²) < 4.78 is 0. The van der Waals surface area contributed by atoms with Gasteiger partial charge in [-0.25, -0.2) is 4.79 Å². The molecule has 1 saturated carbocycles. The van der Waals surface area contributed by atoms with Gasteiger partial charge >= 0.3 is 6.03 Å². The van der Waals surface area contributed by atoms with Crippen molar-refractivity contribution in [1.82, 2.24) is 5.32 Å². The van der Waals surface area contributed by atoms with Gasteiger partial charge in [0.1, 0.15) is 0 Å². The van der Waals surface area contributed by atoms with Crippen LogP contribution in [0.5, 0.6) is 0 Å². The molecule has 1 aromatic carbocycles. The van der Waals surface area contributed by atoms with Gasteiger partial charge in [0.15, 0.2) is 0 Å². The van der Waals surface area contributed by atoms with Crippen molar-refractivity contribution < 1.29 is 9.59 Å². The number of urea groups is 1. The third-order valence-electron chi connectivity index (χ3n) is 5.21. The van der Waals surface area contributed by atoms with E-state index in [0.717, 1.165) is 54.9 Å². The quantitative estimate of drug-likeness (QED) is 0.850. The normalized spacial score (nSPS) is 16.5. The molecule has 0 saturated heterocycles. The molecule has 1 aromatic heterocycles. The Hall–Kier alpha value is -2.34. The van der Waals surface area contributed by atoms with Crippen LogP contribution >= 0.6 is 11.3 Å². The minimum atomic E-state index is -0.231. The van der Waals surface area contributed by atoms with Crippen molar-refractivity contribution >= 4 is 34.6 Å². The molecule has 4 rings (SSSR count). The van der Waals surface area contributed by atoms with Crippen LogP contribution in [0, 0.1) is 5.92 Å². The van der Waals surface area contributed by atoms with Gasteiger partial charge in [-0.3, -0.25) is 4.79 Å². The Bertz CT molecular complexity index is 797. The zero-order chi connectivity index (χ0) is 17.9. The fourth-order valence-electron chi connectivity index (χ4n) is 3.83. The lowest BCUT2D eigenvalue weighted by Gasteiger charge is -2.21. The summed E-state index contributed by atoms with van der Waals surface area (Å²) in [7, 11) is 0. The van der Waals surface area contributed by atoms with E-state index in [-0.39, 0.29) is 17.9 Å². The lowest BCUT2D eigenvalue weighted by Crippen LogP contribution is -2.34. The molecule has 136 valence electrons. The second-order valence-corrected chi connectivity index (χ2v) is 7.98. The van der Waals surface area contributed by atoms with E-state index in [0.29, 0.717) is 6.54 Å². The molecule has 0 atom stereocenters. The largest absolute Gasteiger partial charge is 0.333 e. The molecule has 5 nitrogen and oxygen atoms in total. The molecule has 0 spiro atoms. The molecule has 0 bridgehead atoms. The maximum absolute atomic E-state index is 12.8. The average molecular weight is 369 g/mol. The minimum absolute atomic E-state index is 0.173. The van der Waals surface area contributed by atoms with E-state index in [1.807, 2.05) is 40.6 Å². The van der Waals surface area contributed by atoms with E-state index in [2.05, 4.69) is 10.6 Å². The Morgan fingerprint density at radius 3 is 2.81 bits per heavy atom. The van der Waals surface area contributed by atoms with Crippen molar-refractivity contribution in [1.29, 1.82) is 0 Å². The first kappa shape index (κ1) is 17.1. The van der Waals surface area contributed by atoms with Crippen molar-refractivity contribution in [3.63, 3.8) is 0 Å². The van der Waals surface area contributed by atoms with Crippen LogP contribution in [-0.2, 0) is 17.8 Å². The summed E-state index contributed by atoms with van der Waals surface area (Å²) in [6, 6.07) is 9.59. The van der Waals surface area contributed by atoms with Crippen molar-refractivity contribution in [3.8, 4) is 0 Å². The van der Waals surface area contributed by atoms with Crippen molar-refractivity contribution in [3.05, 3.63) is 46.2 Å². The van der Waals surface area contributed by atoms with E-state index in [9.17, 15) is 9.59 Å². The summed E-state index contributed by atoms with van der Waals surface area (Å²) in [6.07, 6.45) is 5.21. The predicted octanol–water partition coefficient (Wildman–Crippen LogP) is 4.15. The summed E-state index contributed by atoms with van der Waals surface area (Å²) >= 11 is 1.62. The number of carbonyl (C=O) groups excluding carboxylic acids is 2. The number of carbonyl (C=O) groups is 2. The van der Waals surface area contributed by atoms with Gasteiger partial charge in [0, 0.05) is 28.7 Å². The second-order valence-electron chi connectivity index (χ2n) is 6.95. The Morgan fingerprint density at radius 1 is 1.19 bits per heavy atom. The molecule has 3 amide bonds. The van der Waals surface area contributed by atoms with Crippen LogP contribution in [0.2, 0.25) is 0 Å². The molecule has 1 aliphatic heterocycles. The molecule has 0 unspecified atom stereocenters. The first-order valence-electron chi connectivity index (χ1n) is 9.22. The van der Waals surface area contributed by atoms with E-state index in [1.54, 1.807) is 11.3 Å². The number of hydrogen-bond donors (Lipinski definition) is 2. The van der Waals surface area contributed by atoms with Gasteiger partial charge < -0.3 is 15.5 Å². The van der Waals surface area contributed by atoms with Gasteiger partial charge in [0.05, 0.1) is 6.54 Å². The SMILES string of the molecule is O=C(NCc1cccs1)Nc1ccc2c(c1)N(C(=O)C1CCCC1)CC2. The molecular weight excluding hydrogens is 346 g/mol. The van der Waals surface area contributed by atoms with Crippen molar-refractivity contribution in [2.75, 3.05) is 16.8 Å². The molecule has 2 N–H and O–H groups in total. The van der Waals surface area contributed by atoms with Gasteiger partial charge in [0.2, 0.25) is 5.91 Å². The first-order valence-corrected chi connectivity index (χ1v) is 10.1. The molecule has 6 heteroatoms. The number of benzene rings is 1. The molecule has 0 radical (unpaired) electrons. The van der Waals surface area contributed by atoms with E-state index in [1.165, 1.54) is 5.56 Å². The second kappa shape index (κ2) is 7.50. The highest BCUT2D eigenvalue weighted by Gasteiger charge is 2.31.